The molecular weight excluding hydrogens is 373 g/mol. The number of aromatic nitrogens is 1. The van der Waals surface area contributed by atoms with Crippen LogP contribution in [0, 0.1) is 0 Å². The van der Waals surface area contributed by atoms with Gasteiger partial charge in [-0.15, -0.1) is 0 Å². The lowest BCUT2D eigenvalue weighted by atomic mass is 10.1. The van der Waals surface area contributed by atoms with Gasteiger partial charge in [0.25, 0.3) is 5.91 Å². The van der Waals surface area contributed by atoms with Crippen molar-refractivity contribution in [2.24, 2.45) is 0 Å². The van der Waals surface area contributed by atoms with Gasteiger partial charge in [0.15, 0.2) is 0 Å². The molecule has 0 atom stereocenters. The summed E-state index contributed by atoms with van der Waals surface area (Å²) in [5.74, 6) is -0.619. The molecule has 0 spiro atoms. The normalized spacial score (nSPS) is 10.6. The fourth-order valence-electron chi connectivity index (χ4n) is 2.54. The van der Waals surface area contributed by atoms with E-state index in [2.05, 4.69) is 10.3 Å². The van der Waals surface area contributed by atoms with Crippen LogP contribution < -0.4 is 5.32 Å². The molecule has 0 aliphatic carbocycles. The highest BCUT2D eigenvalue weighted by Gasteiger charge is 2.18. The topological polar surface area (TPSA) is 62.3 Å². The summed E-state index contributed by atoms with van der Waals surface area (Å²) in [6, 6.07) is 13.9. The first-order valence-corrected chi connectivity index (χ1v) is 8.55. The van der Waals surface area contributed by atoms with Crippen molar-refractivity contribution in [1.29, 1.82) is 0 Å². The van der Waals surface area contributed by atoms with Crippen molar-refractivity contribution in [3.63, 3.8) is 0 Å². The number of amides is 2. The molecule has 26 heavy (non-hydrogen) atoms. The van der Waals surface area contributed by atoms with Crippen molar-refractivity contribution in [3.8, 4) is 0 Å². The van der Waals surface area contributed by atoms with Crippen LogP contribution in [-0.2, 0) is 4.79 Å². The van der Waals surface area contributed by atoms with E-state index in [1.54, 1.807) is 43.6 Å². The van der Waals surface area contributed by atoms with Crippen molar-refractivity contribution in [2.45, 2.75) is 0 Å². The predicted octanol–water partition coefficient (Wildman–Crippen LogP) is 4.25. The third-order valence-corrected chi connectivity index (χ3v) is 4.53. The lowest BCUT2D eigenvalue weighted by Gasteiger charge is -2.17. The standard InChI is InChI=1S/C19H15Cl2N3O2/c1-24(11-17(25)23-13-7-8-15(20)16(21)10-13)19(26)14-6-2-4-12-5-3-9-22-18(12)14/h2-10H,11H2,1H3,(H,23,25). The number of nitrogens with one attached hydrogen (secondary N) is 1. The molecule has 0 bridgehead atoms. The molecule has 0 saturated heterocycles. The second-order valence-corrected chi connectivity index (χ2v) is 6.53. The average Bonchev–Trinajstić information content (AvgIpc) is 2.63. The Morgan fingerprint density at radius 2 is 1.85 bits per heavy atom. The van der Waals surface area contributed by atoms with Gasteiger partial charge in [-0.2, -0.15) is 0 Å². The monoisotopic (exact) mass is 387 g/mol. The van der Waals surface area contributed by atoms with Crippen LogP contribution in [-0.4, -0.2) is 35.3 Å². The minimum Gasteiger partial charge on any atom is -0.332 e. The number of likely N-dealkylation sites (N-methyl/N-ethyl adjacent to an activating group) is 1. The van der Waals surface area contributed by atoms with E-state index in [9.17, 15) is 9.59 Å². The van der Waals surface area contributed by atoms with Crippen LogP contribution in [0.15, 0.2) is 54.7 Å². The molecule has 0 fully saturated rings. The summed E-state index contributed by atoms with van der Waals surface area (Å²) in [4.78, 5) is 30.6. The fraction of sp³-hybridized carbons (Fsp3) is 0.105. The molecule has 3 rings (SSSR count). The number of hydrogen-bond donors (Lipinski definition) is 1. The van der Waals surface area contributed by atoms with E-state index in [1.165, 1.54) is 4.90 Å². The van der Waals surface area contributed by atoms with Crippen LogP contribution in [0.25, 0.3) is 10.9 Å². The molecule has 1 heterocycles. The highest BCUT2D eigenvalue weighted by Crippen LogP contribution is 2.25. The van der Waals surface area contributed by atoms with Crippen LogP contribution in [0.2, 0.25) is 10.0 Å². The number of carbonyl (C=O) groups is 2. The summed E-state index contributed by atoms with van der Waals surface area (Å²) in [7, 11) is 1.57. The minimum absolute atomic E-state index is 0.109. The van der Waals surface area contributed by atoms with E-state index in [-0.39, 0.29) is 18.4 Å². The van der Waals surface area contributed by atoms with Crippen molar-refractivity contribution >= 4 is 51.6 Å². The Bertz CT molecular complexity index is 986. The second kappa shape index (κ2) is 7.72. The van der Waals surface area contributed by atoms with Gasteiger partial charge in [0.2, 0.25) is 5.91 Å². The Labute approximate surface area is 160 Å². The quantitative estimate of drug-likeness (QED) is 0.727. The summed E-state index contributed by atoms with van der Waals surface area (Å²) < 4.78 is 0. The number of pyridine rings is 1. The predicted molar refractivity (Wildman–Crippen MR) is 104 cm³/mol. The number of carbonyl (C=O) groups excluding carboxylic acids is 2. The molecule has 0 saturated carbocycles. The molecule has 2 aromatic carbocycles. The Kier molecular flexibility index (Phi) is 5.40. The summed E-state index contributed by atoms with van der Waals surface area (Å²) in [6.45, 7) is -0.109. The number of fused-ring (bicyclic) bond motifs is 1. The molecule has 7 heteroatoms. The van der Waals surface area contributed by atoms with E-state index in [4.69, 9.17) is 23.2 Å². The van der Waals surface area contributed by atoms with Crippen LogP contribution in [0.1, 0.15) is 10.4 Å². The van der Waals surface area contributed by atoms with Crippen molar-refractivity contribution in [1.82, 2.24) is 9.88 Å². The smallest absolute Gasteiger partial charge is 0.256 e. The van der Waals surface area contributed by atoms with Crippen LogP contribution in [0.3, 0.4) is 0 Å². The zero-order valence-electron chi connectivity index (χ0n) is 13.9. The summed E-state index contributed by atoms with van der Waals surface area (Å²) in [5.41, 5.74) is 1.57. The number of para-hydroxylation sites is 1. The second-order valence-electron chi connectivity index (χ2n) is 5.72. The zero-order valence-corrected chi connectivity index (χ0v) is 15.4. The lowest BCUT2D eigenvalue weighted by Crippen LogP contribution is -2.35. The molecule has 0 aliphatic heterocycles. The Morgan fingerprint density at radius 3 is 2.62 bits per heavy atom. The molecule has 1 aromatic heterocycles. The fourth-order valence-corrected chi connectivity index (χ4v) is 2.84. The molecule has 3 aromatic rings. The van der Waals surface area contributed by atoms with E-state index in [1.807, 2.05) is 18.2 Å². The number of anilines is 1. The maximum absolute atomic E-state index is 12.7. The van der Waals surface area contributed by atoms with Gasteiger partial charge in [-0.05, 0) is 30.3 Å². The number of halogens is 2. The molecule has 0 radical (unpaired) electrons. The Hall–Kier alpha value is -2.63. The van der Waals surface area contributed by atoms with Gasteiger partial charge in [0, 0.05) is 24.3 Å². The lowest BCUT2D eigenvalue weighted by molar-refractivity contribution is -0.116. The van der Waals surface area contributed by atoms with Gasteiger partial charge in [0.05, 0.1) is 27.7 Å². The van der Waals surface area contributed by atoms with Gasteiger partial charge in [-0.1, -0.05) is 41.4 Å². The van der Waals surface area contributed by atoms with E-state index in [0.29, 0.717) is 26.8 Å². The highest BCUT2D eigenvalue weighted by molar-refractivity contribution is 6.42. The first kappa shape index (κ1) is 18.2. The molecule has 2 amide bonds. The van der Waals surface area contributed by atoms with Gasteiger partial charge >= 0.3 is 0 Å². The average molecular weight is 388 g/mol. The van der Waals surface area contributed by atoms with Gasteiger partial charge in [-0.25, -0.2) is 0 Å². The summed E-state index contributed by atoms with van der Waals surface area (Å²) >= 11 is 11.8. The number of nitrogens with zero attached hydrogens (tertiary/aromatic N) is 2. The van der Waals surface area contributed by atoms with Crippen molar-refractivity contribution in [3.05, 3.63) is 70.3 Å². The maximum Gasteiger partial charge on any atom is 0.256 e. The first-order valence-electron chi connectivity index (χ1n) is 7.80. The molecular formula is C19H15Cl2N3O2. The maximum atomic E-state index is 12.7. The van der Waals surface area contributed by atoms with Crippen molar-refractivity contribution in [2.75, 3.05) is 18.9 Å². The third kappa shape index (κ3) is 3.95. The van der Waals surface area contributed by atoms with E-state index < -0.39 is 0 Å². The molecule has 132 valence electrons. The molecule has 5 nitrogen and oxygen atoms in total. The zero-order chi connectivity index (χ0) is 18.7. The van der Waals surface area contributed by atoms with E-state index in [0.717, 1.165) is 5.39 Å². The number of benzene rings is 2. The van der Waals surface area contributed by atoms with Gasteiger partial charge < -0.3 is 10.2 Å². The third-order valence-electron chi connectivity index (χ3n) is 3.79. The van der Waals surface area contributed by atoms with Crippen LogP contribution in [0.4, 0.5) is 5.69 Å². The van der Waals surface area contributed by atoms with Gasteiger partial charge in [0.1, 0.15) is 0 Å². The minimum atomic E-state index is -0.340. The number of hydrogen-bond acceptors (Lipinski definition) is 3. The summed E-state index contributed by atoms with van der Waals surface area (Å²) in [6.07, 6.45) is 1.64. The molecule has 0 unspecified atom stereocenters. The molecule has 0 aliphatic rings. The highest BCUT2D eigenvalue weighted by atomic mass is 35.5. The molecule has 1 N–H and O–H groups in total. The van der Waals surface area contributed by atoms with Gasteiger partial charge in [-0.3, -0.25) is 14.6 Å². The van der Waals surface area contributed by atoms with Crippen LogP contribution in [0.5, 0.6) is 0 Å². The summed E-state index contributed by atoms with van der Waals surface area (Å²) in [5, 5.41) is 4.31. The Morgan fingerprint density at radius 1 is 1.08 bits per heavy atom. The largest absolute Gasteiger partial charge is 0.332 e. The SMILES string of the molecule is CN(CC(=O)Nc1ccc(Cl)c(Cl)c1)C(=O)c1cccc2cccnc12. The van der Waals surface area contributed by atoms with Crippen LogP contribution >= 0.6 is 23.2 Å². The first-order chi connectivity index (χ1) is 12.5. The van der Waals surface area contributed by atoms with E-state index >= 15 is 0 Å². The Balaban J connectivity index is 1.72. The van der Waals surface area contributed by atoms with Crippen molar-refractivity contribution < 1.29 is 9.59 Å². The number of rotatable bonds is 4.